The van der Waals surface area contributed by atoms with Crippen molar-refractivity contribution in [1.29, 1.82) is 0 Å². The van der Waals surface area contributed by atoms with Gasteiger partial charge >= 0.3 is 0 Å². The molecule has 2 rings (SSSR count). The van der Waals surface area contributed by atoms with Crippen LogP contribution in [0.2, 0.25) is 0 Å². The van der Waals surface area contributed by atoms with Gasteiger partial charge in [0.15, 0.2) is 0 Å². The van der Waals surface area contributed by atoms with E-state index in [-0.39, 0.29) is 0 Å². The van der Waals surface area contributed by atoms with Gasteiger partial charge in [0.25, 0.3) is 0 Å². The van der Waals surface area contributed by atoms with Crippen LogP contribution in [0.15, 0.2) is 0 Å². The highest BCUT2D eigenvalue weighted by atomic mass is 16.3. The molecule has 1 aliphatic carbocycles. The molecule has 0 aromatic carbocycles. The Hall–Kier alpha value is -0.0800. The summed E-state index contributed by atoms with van der Waals surface area (Å²) in [4.78, 5) is 0. The maximum absolute atomic E-state index is 10.4. The van der Waals surface area contributed by atoms with Gasteiger partial charge < -0.3 is 10.4 Å². The summed E-state index contributed by atoms with van der Waals surface area (Å²) in [5, 5.41) is 14.1. The van der Waals surface area contributed by atoms with Crippen LogP contribution in [0.4, 0.5) is 0 Å². The first-order valence-corrected chi connectivity index (χ1v) is 6.18. The van der Waals surface area contributed by atoms with Gasteiger partial charge in [-0.05, 0) is 38.0 Å². The molecule has 0 aromatic heterocycles. The number of hydrogen-bond acceptors (Lipinski definition) is 2. The van der Waals surface area contributed by atoms with E-state index in [2.05, 4.69) is 19.2 Å². The Bertz CT molecular complexity index is 188. The quantitative estimate of drug-likeness (QED) is 0.726. The lowest BCUT2D eigenvalue weighted by Crippen LogP contribution is -2.48. The molecule has 0 radical (unpaired) electrons. The van der Waals surface area contributed by atoms with Crippen LogP contribution in [0.25, 0.3) is 0 Å². The first kappa shape index (κ1) is 10.4. The molecule has 1 heterocycles. The normalized spacial score (nSPS) is 37.5. The summed E-state index contributed by atoms with van der Waals surface area (Å²) >= 11 is 0. The van der Waals surface area contributed by atoms with Crippen LogP contribution in [0.3, 0.4) is 0 Å². The van der Waals surface area contributed by atoms with Crippen molar-refractivity contribution in [2.24, 2.45) is 5.92 Å². The zero-order chi connectivity index (χ0) is 10.2. The number of nitrogens with one attached hydrogen (secondary N) is 1. The van der Waals surface area contributed by atoms with Crippen molar-refractivity contribution in [3.63, 3.8) is 0 Å². The molecule has 2 N–H and O–H groups in total. The molecule has 1 saturated heterocycles. The smallest absolute Gasteiger partial charge is 0.0795 e. The Morgan fingerprint density at radius 2 is 2.00 bits per heavy atom. The monoisotopic (exact) mass is 197 g/mol. The second kappa shape index (κ2) is 3.82. The molecule has 0 amide bonds. The van der Waals surface area contributed by atoms with Gasteiger partial charge in [0.05, 0.1) is 5.60 Å². The summed E-state index contributed by atoms with van der Waals surface area (Å²) in [7, 11) is 0. The third kappa shape index (κ3) is 1.59. The van der Waals surface area contributed by atoms with Crippen molar-refractivity contribution in [3.05, 3.63) is 0 Å². The highest BCUT2D eigenvalue weighted by molar-refractivity contribution is 5.02. The van der Waals surface area contributed by atoms with Gasteiger partial charge in [-0.3, -0.25) is 0 Å². The maximum Gasteiger partial charge on any atom is 0.0795 e. The molecule has 2 nitrogen and oxygen atoms in total. The van der Waals surface area contributed by atoms with E-state index >= 15 is 0 Å². The number of aliphatic hydroxyl groups is 1. The van der Waals surface area contributed by atoms with Gasteiger partial charge in [0, 0.05) is 12.1 Å². The van der Waals surface area contributed by atoms with E-state index in [1.165, 1.54) is 25.7 Å². The SMILES string of the molecule is CCC(O)(CC)[C@H]1C[C@H]2CCC[C@H]2N1. The highest BCUT2D eigenvalue weighted by Crippen LogP contribution is 2.39. The summed E-state index contributed by atoms with van der Waals surface area (Å²) < 4.78 is 0. The van der Waals surface area contributed by atoms with Gasteiger partial charge in [-0.25, -0.2) is 0 Å². The van der Waals surface area contributed by atoms with E-state index in [9.17, 15) is 5.11 Å². The first-order chi connectivity index (χ1) is 6.69. The predicted molar refractivity (Wildman–Crippen MR) is 58.2 cm³/mol. The van der Waals surface area contributed by atoms with Crippen LogP contribution in [-0.2, 0) is 0 Å². The number of fused-ring (bicyclic) bond motifs is 1. The van der Waals surface area contributed by atoms with E-state index in [0.29, 0.717) is 12.1 Å². The lowest BCUT2D eigenvalue weighted by molar-refractivity contribution is -0.00251. The van der Waals surface area contributed by atoms with Crippen molar-refractivity contribution >= 4 is 0 Å². The Morgan fingerprint density at radius 1 is 1.29 bits per heavy atom. The van der Waals surface area contributed by atoms with Crippen molar-refractivity contribution in [3.8, 4) is 0 Å². The zero-order valence-corrected chi connectivity index (χ0v) is 9.42. The fraction of sp³-hybridized carbons (Fsp3) is 1.00. The molecule has 1 aliphatic heterocycles. The van der Waals surface area contributed by atoms with Crippen LogP contribution in [0, 0.1) is 5.92 Å². The standard InChI is InChI=1S/C12H23NO/c1-3-12(14,4-2)11-8-9-6-5-7-10(9)13-11/h9-11,13-14H,3-8H2,1-2H3/t9-,10-,11-/m1/s1. The van der Waals surface area contributed by atoms with Crippen molar-refractivity contribution in [1.82, 2.24) is 5.32 Å². The summed E-state index contributed by atoms with van der Waals surface area (Å²) in [6.45, 7) is 4.19. The van der Waals surface area contributed by atoms with Crippen LogP contribution in [-0.4, -0.2) is 22.8 Å². The Morgan fingerprint density at radius 3 is 2.57 bits per heavy atom. The third-order valence-electron chi connectivity index (χ3n) is 4.49. The molecule has 0 aromatic rings. The van der Waals surface area contributed by atoms with Gasteiger partial charge in [-0.15, -0.1) is 0 Å². The maximum atomic E-state index is 10.4. The number of hydrogen-bond donors (Lipinski definition) is 2. The van der Waals surface area contributed by atoms with E-state index in [1.807, 2.05) is 0 Å². The molecule has 1 saturated carbocycles. The molecule has 3 atom stereocenters. The fourth-order valence-corrected chi connectivity index (χ4v) is 3.28. The van der Waals surface area contributed by atoms with E-state index in [1.54, 1.807) is 0 Å². The molecule has 0 spiro atoms. The second-order valence-corrected chi connectivity index (χ2v) is 5.06. The molecular weight excluding hydrogens is 174 g/mol. The molecule has 0 bridgehead atoms. The fourth-order valence-electron chi connectivity index (χ4n) is 3.28. The Balaban J connectivity index is 2.00. The second-order valence-electron chi connectivity index (χ2n) is 5.06. The van der Waals surface area contributed by atoms with E-state index < -0.39 is 5.60 Å². The van der Waals surface area contributed by atoms with Gasteiger partial charge in [-0.1, -0.05) is 20.3 Å². The van der Waals surface area contributed by atoms with Gasteiger partial charge in [0.2, 0.25) is 0 Å². The molecule has 2 aliphatic rings. The average Bonchev–Trinajstić information content (AvgIpc) is 2.76. The Labute approximate surface area is 87.1 Å². The molecule has 14 heavy (non-hydrogen) atoms. The van der Waals surface area contributed by atoms with Crippen molar-refractivity contribution in [2.75, 3.05) is 0 Å². The first-order valence-electron chi connectivity index (χ1n) is 6.18. The minimum absolute atomic E-state index is 0.354. The van der Waals surface area contributed by atoms with Crippen LogP contribution in [0.5, 0.6) is 0 Å². The van der Waals surface area contributed by atoms with E-state index in [0.717, 1.165) is 18.8 Å². The van der Waals surface area contributed by atoms with Crippen LogP contribution in [0.1, 0.15) is 52.4 Å². The van der Waals surface area contributed by atoms with Gasteiger partial charge in [-0.2, -0.15) is 0 Å². The molecule has 2 fully saturated rings. The Kier molecular flexibility index (Phi) is 2.85. The summed E-state index contributed by atoms with van der Waals surface area (Å²) in [5.74, 6) is 0.852. The molecule has 82 valence electrons. The summed E-state index contributed by atoms with van der Waals surface area (Å²) in [6.07, 6.45) is 7.03. The predicted octanol–water partition coefficient (Wildman–Crippen LogP) is 2.07. The van der Waals surface area contributed by atoms with E-state index in [4.69, 9.17) is 0 Å². The lowest BCUT2D eigenvalue weighted by atomic mass is 9.85. The topological polar surface area (TPSA) is 32.3 Å². The summed E-state index contributed by atoms with van der Waals surface area (Å²) in [5.41, 5.74) is -0.454. The zero-order valence-electron chi connectivity index (χ0n) is 9.42. The van der Waals surface area contributed by atoms with Gasteiger partial charge in [0.1, 0.15) is 0 Å². The minimum atomic E-state index is -0.454. The minimum Gasteiger partial charge on any atom is -0.388 e. The lowest BCUT2D eigenvalue weighted by Gasteiger charge is -2.33. The number of rotatable bonds is 3. The van der Waals surface area contributed by atoms with Crippen molar-refractivity contribution < 1.29 is 5.11 Å². The highest BCUT2D eigenvalue weighted by Gasteiger charge is 2.44. The van der Waals surface area contributed by atoms with Crippen molar-refractivity contribution in [2.45, 2.75) is 70.1 Å². The molecular formula is C12H23NO. The average molecular weight is 197 g/mol. The van der Waals surface area contributed by atoms with Crippen LogP contribution >= 0.6 is 0 Å². The molecule has 0 unspecified atom stereocenters. The summed E-state index contributed by atoms with van der Waals surface area (Å²) in [6, 6.07) is 1.07. The molecule has 2 heteroatoms. The largest absolute Gasteiger partial charge is 0.388 e. The van der Waals surface area contributed by atoms with Crippen LogP contribution < -0.4 is 5.32 Å². The third-order valence-corrected chi connectivity index (χ3v) is 4.49.